The lowest BCUT2D eigenvalue weighted by Crippen LogP contribution is -2.24. The fourth-order valence-corrected chi connectivity index (χ4v) is 3.85. The molecule has 5 rings (SSSR count). The SMILES string of the molecule is CN1CC=C(c2cc(-c3ccncc3)c(-c3ccc4ccccc4c3)nn2)CC1. The number of nitrogens with zero attached hydrogens (tertiary/aromatic N) is 4. The van der Waals surface area contributed by atoms with E-state index in [0.717, 1.165) is 47.6 Å². The Morgan fingerprint density at radius 2 is 1.66 bits per heavy atom. The molecule has 4 aromatic rings. The molecule has 0 unspecified atom stereocenters. The van der Waals surface area contributed by atoms with Crippen molar-refractivity contribution in [2.45, 2.75) is 6.42 Å². The summed E-state index contributed by atoms with van der Waals surface area (Å²) in [4.78, 5) is 6.49. The monoisotopic (exact) mass is 378 g/mol. The first-order valence-electron chi connectivity index (χ1n) is 9.93. The number of likely N-dealkylation sites (N-methyl/N-ethyl adjacent to an activating group) is 1. The summed E-state index contributed by atoms with van der Waals surface area (Å²) in [6, 6.07) is 21.1. The normalized spacial score (nSPS) is 14.7. The van der Waals surface area contributed by atoms with Gasteiger partial charge in [-0.3, -0.25) is 4.98 Å². The standard InChI is InChI=1S/C25H22N4/c1-29-14-10-20(11-15-29)24-17-23(19-8-12-26-13-9-19)25(28-27-24)22-7-6-18-4-2-3-5-21(18)16-22/h2-10,12-13,16-17H,11,14-15H2,1H3. The summed E-state index contributed by atoms with van der Waals surface area (Å²) in [7, 11) is 2.14. The predicted octanol–water partition coefficient (Wildman–Crippen LogP) is 5.08. The van der Waals surface area contributed by atoms with Gasteiger partial charge in [-0.15, -0.1) is 5.10 Å². The van der Waals surface area contributed by atoms with E-state index in [2.05, 4.69) is 76.6 Å². The zero-order valence-electron chi connectivity index (χ0n) is 16.4. The van der Waals surface area contributed by atoms with E-state index in [4.69, 9.17) is 5.10 Å². The molecular weight excluding hydrogens is 356 g/mol. The molecule has 3 heterocycles. The lowest BCUT2D eigenvalue weighted by atomic mass is 9.96. The summed E-state index contributed by atoms with van der Waals surface area (Å²) in [5.74, 6) is 0. The fraction of sp³-hybridized carbons (Fsp3) is 0.160. The number of rotatable bonds is 3. The number of pyridine rings is 1. The van der Waals surface area contributed by atoms with Gasteiger partial charge in [0.15, 0.2) is 0 Å². The Bertz CT molecular complexity index is 1200. The Kier molecular flexibility index (Phi) is 4.62. The van der Waals surface area contributed by atoms with Gasteiger partial charge in [-0.2, -0.15) is 5.10 Å². The van der Waals surface area contributed by atoms with Gasteiger partial charge in [0.05, 0.1) is 5.69 Å². The highest BCUT2D eigenvalue weighted by Crippen LogP contribution is 2.33. The fourth-order valence-electron chi connectivity index (χ4n) is 3.85. The van der Waals surface area contributed by atoms with Gasteiger partial charge < -0.3 is 4.90 Å². The minimum atomic E-state index is 0.902. The van der Waals surface area contributed by atoms with Gasteiger partial charge in [0.25, 0.3) is 0 Å². The molecule has 142 valence electrons. The smallest absolute Gasteiger partial charge is 0.101 e. The van der Waals surface area contributed by atoms with Crippen LogP contribution in [-0.4, -0.2) is 40.2 Å². The van der Waals surface area contributed by atoms with E-state index in [0.29, 0.717) is 0 Å². The molecule has 0 bridgehead atoms. The third-order valence-corrected chi connectivity index (χ3v) is 5.55. The minimum absolute atomic E-state index is 0.902. The van der Waals surface area contributed by atoms with Crippen LogP contribution >= 0.6 is 0 Å². The Labute approximate surface area is 170 Å². The zero-order chi connectivity index (χ0) is 19.6. The van der Waals surface area contributed by atoms with Gasteiger partial charge in [-0.25, -0.2) is 0 Å². The highest BCUT2D eigenvalue weighted by atomic mass is 15.1. The number of hydrogen-bond donors (Lipinski definition) is 0. The van der Waals surface area contributed by atoms with Crippen LogP contribution in [0, 0.1) is 0 Å². The van der Waals surface area contributed by atoms with Crippen molar-refractivity contribution < 1.29 is 0 Å². The van der Waals surface area contributed by atoms with E-state index in [1.54, 1.807) is 0 Å². The van der Waals surface area contributed by atoms with Gasteiger partial charge in [0, 0.05) is 36.6 Å². The summed E-state index contributed by atoms with van der Waals surface area (Å²) in [5.41, 5.74) is 6.41. The summed E-state index contributed by atoms with van der Waals surface area (Å²) < 4.78 is 0. The first-order chi connectivity index (χ1) is 14.3. The molecule has 0 atom stereocenters. The Morgan fingerprint density at radius 3 is 2.45 bits per heavy atom. The Hall–Kier alpha value is -3.37. The second-order valence-electron chi connectivity index (χ2n) is 7.53. The maximum Gasteiger partial charge on any atom is 0.101 e. The van der Waals surface area contributed by atoms with Crippen molar-refractivity contribution in [3.05, 3.63) is 84.8 Å². The molecule has 4 heteroatoms. The summed E-state index contributed by atoms with van der Waals surface area (Å²) in [6.07, 6.45) is 6.92. The van der Waals surface area contributed by atoms with Crippen LogP contribution in [0.3, 0.4) is 0 Å². The number of benzene rings is 2. The van der Waals surface area contributed by atoms with Crippen LogP contribution in [-0.2, 0) is 0 Å². The number of hydrogen-bond acceptors (Lipinski definition) is 4. The van der Waals surface area contributed by atoms with Crippen molar-refractivity contribution in [1.82, 2.24) is 20.1 Å². The highest BCUT2D eigenvalue weighted by molar-refractivity contribution is 5.90. The maximum atomic E-state index is 4.70. The van der Waals surface area contributed by atoms with Gasteiger partial charge in [-0.1, -0.05) is 42.5 Å². The van der Waals surface area contributed by atoms with Gasteiger partial charge in [0.1, 0.15) is 5.69 Å². The zero-order valence-corrected chi connectivity index (χ0v) is 16.4. The van der Waals surface area contributed by atoms with E-state index in [-0.39, 0.29) is 0 Å². The van der Waals surface area contributed by atoms with E-state index < -0.39 is 0 Å². The maximum absolute atomic E-state index is 4.70. The minimum Gasteiger partial charge on any atom is -0.302 e. The third kappa shape index (κ3) is 3.55. The van der Waals surface area contributed by atoms with Crippen LogP contribution in [0.4, 0.5) is 0 Å². The third-order valence-electron chi connectivity index (χ3n) is 5.55. The number of fused-ring (bicyclic) bond motifs is 1. The quantitative estimate of drug-likeness (QED) is 0.499. The second-order valence-corrected chi connectivity index (χ2v) is 7.53. The lowest BCUT2D eigenvalue weighted by Gasteiger charge is -2.22. The second kappa shape index (κ2) is 7.57. The Balaban J connectivity index is 1.66. The molecule has 0 saturated heterocycles. The highest BCUT2D eigenvalue weighted by Gasteiger charge is 2.16. The lowest BCUT2D eigenvalue weighted by molar-refractivity contribution is 0.369. The molecular formula is C25H22N4. The molecule has 4 nitrogen and oxygen atoms in total. The first kappa shape index (κ1) is 17.7. The van der Waals surface area contributed by atoms with Gasteiger partial charge in [0.2, 0.25) is 0 Å². The van der Waals surface area contributed by atoms with Crippen LogP contribution in [0.2, 0.25) is 0 Å². The molecule has 1 aliphatic heterocycles. The predicted molar refractivity (Wildman–Crippen MR) is 118 cm³/mol. The van der Waals surface area contributed by atoms with Crippen molar-refractivity contribution in [1.29, 1.82) is 0 Å². The topological polar surface area (TPSA) is 41.9 Å². The van der Waals surface area contributed by atoms with Crippen LogP contribution < -0.4 is 0 Å². The molecule has 1 aliphatic rings. The summed E-state index contributed by atoms with van der Waals surface area (Å²) in [6.45, 7) is 2.00. The van der Waals surface area contributed by atoms with Crippen molar-refractivity contribution in [2.24, 2.45) is 0 Å². The van der Waals surface area contributed by atoms with Crippen LogP contribution in [0.25, 0.3) is 38.7 Å². The summed E-state index contributed by atoms with van der Waals surface area (Å²) in [5, 5.41) is 11.7. The van der Waals surface area contributed by atoms with E-state index >= 15 is 0 Å². The Morgan fingerprint density at radius 1 is 0.828 bits per heavy atom. The first-order valence-corrected chi connectivity index (χ1v) is 9.93. The van der Waals surface area contributed by atoms with Gasteiger partial charge in [-0.05, 0) is 59.6 Å². The molecule has 2 aromatic carbocycles. The molecule has 0 N–H and O–H groups in total. The van der Waals surface area contributed by atoms with E-state index in [1.807, 2.05) is 24.5 Å². The molecule has 0 saturated carbocycles. The average molecular weight is 378 g/mol. The van der Waals surface area contributed by atoms with Crippen LogP contribution in [0.1, 0.15) is 12.1 Å². The van der Waals surface area contributed by atoms with Crippen LogP contribution in [0.15, 0.2) is 79.1 Å². The van der Waals surface area contributed by atoms with Gasteiger partial charge >= 0.3 is 0 Å². The van der Waals surface area contributed by atoms with Crippen molar-refractivity contribution >= 4 is 16.3 Å². The van der Waals surface area contributed by atoms with Crippen molar-refractivity contribution in [3.63, 3.8) is 0 Å². The largest absolute Gasteiger partial charge is 0.302 e. The van der Waals surface area contributed by atoms with E-state index in [1.165, 1.54) is 16.3 Å². The molecule has 0 amide bonds. The molecule has 29 heavy (non-hydrogen) atoms. The molecule has 0 fully saturated rings. The average Bonchev–Trinajstić information content (AvgIpc) is 2.79. The summed E-state index contributed by atoms with van der Waals surface area (Å²) >= 11 is 0. The number of aromatic nitrogens is 3. The van der Waals surface area contributed by atoms with E-state index in [9.17, 15) is 0 Å². The molecule has 0 radical (unpaired) electrons. The van der Waals surface area contributed by atoms with Crippen molar-refractivity contribution in [2.75, 3.05) is 20.1 Å². The molecule has 0 spiro atoms. The molecule has 2 aromatic heterocycles. The van der Waals surface area contributed by atoms with Crippen LogP contribution in [0.5, 0.6) is 0 Å². The molecule has 0 aliphatic carbocycles. The van der Waals surface area contributed by atoms with Crippen molar-refractivity contribution in [3.8, 4) is 22.4 Å².